The summed E-state index contributed by atoms with van der Waals surface area (Å²) >= 11 is 0. The van der Waals surface area contributed by atoms with Crippen LogP contribution < -0.4 is 4.74 Å². The normalized spacial score (nSPS) is 16.4. The van der Waals surface area contributed by atoms with Crippen molar-refractivity contribution in [2.24, 2.45) is 0 Å². The Bertz CT molecular complexity index is 1070. The zero-order valence-electron chi connectivity index (χ0n) is 15.7. The molecule has 0 aliphatic carbocycles. The predicted molar refractivity (Wildman–Crippen MR) is 105 cm³/mol. The van der Waals surface area contributed by atoms with Crippen LogP contribution in [0.2, 0.25) is 0 Å². The molecule has 4 rings (SSSR count). The highest BCUT2D eigenvalue weighted by molar-refractivity contribution is 6.14. The Balaban J connectivity index is 1.77. The quantitative estimate of drug-likeness (QED) is 0.643. The van der Waals surface area contributed by atoms with Crippen molar-refractivity contribution >= 4 is 11.7 Å². The molecular formula is C23H19NO5. The van der Waals surface area contributed by atoms with E-state index in [4.69, 9.17) is 9.15 Å². The summed E-state index contributed by atoms with van der Waals surface area (Å²) in [4.78, 5) is 27.5. The lowest BCUT2D eigenvalue weighted by molar-refractivity contribution is -0.130. The predicted octanol–water partition coefficient (Wildman–Crippen LogP) is 4.07. The summed E-state index contributed by atoms with van der Waals surface area (Å²) in [5, 5.41) is 10.6. The maximum absolute atomic E-state index is 13.0. The van der Waals surface area contributed by atoms with Gasteiger partial charge < -0.3 is 19.2 Å². The summed E-state index contributed by atoms with van der Waals surface area (Å²) in [6.07, 6.45) is 1.38. The maximum Gasteiger partial charge on any atom is 0.290 e. The van der Waals surface area contributed by atoms with Crippen molar-refractivity contribution in [1.29, 1.82) is 0 Å². The van der Waals surface area contributed by atoms with Gasteiger partial charge in [-0.15, -0.1) is 0 Å². The number of carbonyl (C=O) groups excluding carboxylic acids is 2. The number of hydrogen-bond donors (Lipinski definition) is 1. The van der Waals surface area contributed by atoms with Gasteiger partial charge in [0.05, 0.1) is 25.0 Å². The van der Waals surface area contributed by atoms with Crippen LogP contribution in [0.3, 0.4) is 0 Å². The first-order chi connectivity index (χ1) is 14.1. The highest BCUT2D eigenvalue weighted by Gasteiger charge is 2.44. The Morgan fingerprint density at radius 3 is 2.59 bits per heavy atom. The monoisotopic (exact) mass is 389 g/mol. The highest BCUT2D eigenvalue weighted by atomic mass is 16.5. The molecule has 2 heterocycles. The summed E-state index contributed by atoms with van der Waals surface area (Å²) < 4.78 is 10.5. The number of rotatable bonds is 6. The molecule has 1 atom stereocenters. The van der Waals surface area contributed by atoms with Gasteiger partial charge in [-0.3, -0.25) is 9.59 Å². The molecule has 0 spiro atoms. The molecule has 6 heteroatoms. The number of nitrogens with zero attached hydrogens (tertiary/aromatic N) is 1. The number of ether oxygens (including phenoxy) is 1. The van der Waals surface area contributed by atoms with E-state index in [-0.39, 0.29) is 17.9 Å². The van der Waals surface area contributed by atoms with Crippen molar-refractivity contribution in [3.05, 3.63) is 101 Å². The van der Waals surface area contributed by atoms with Crippen molar-refractivity contribution < 1.29 is 23.8 Å². The van der Waals surface area contributed by atoms with Crippen molar-refractivity contribution in [2.45, 2.75) is 12.6 Å². The summed E-state index contributed by atoms with van der Waals surface area (Å²) in [7, 11) is 1.57. The van der Waals surface area contributed by atoms with Crippen LogP contribution in [0.1, 0.15) is 27.7 Å². The van der Waals surface area contributed by atoms with Crippen LogP contribution in [0.25, 0.3) is 0 Å². The van der Waals surface area contributed by atoms with Crippen LogP contribution >= 0.6 is 0 Å². The Kier molecular flexibility index (Phi) is 4.91. The van der Waals surface area contributed by atoms with E-state index in [1.54, 1.807) is 13.2 Å². The fourth-order valence-corrected chi connectivity index (χ4v) is 3.54. The van der Waals surface area contributed by atoms with E-state index in [1.165, 1.54) is 17.2 Å². The van der Waals surface area contributed by atoms with E-state index in [0.717, 1.165) is 11.1 Å². The minimum Gasteiger partial charge on any atom is -0.503 e. The molecule has 1 amide bonds. The van der Waals surface area contributed by atoms with E-state index in [9.17, 15) is 14.7 Å². The molecule has 2 aromatic carbocycles. The van der Waals surface area contributed by atoms with Gasteiger partial charge in [-0.05, 0) is 35.4 Å². The van der Waals surface area contributed by atoms with Crippen molar-refractivity contribution in [1.82, 2.24) is 4.90 Å². The molecule has 0 fully saturated rings. The lowest BCUT2D eigenvalue weighted by Crippen LogP contribution is -2.30. The molecule has 1 aliphatic rings. The third kappa shape index (κ3) is 3.40. The number of benzene rings is 2. The van der Waals surface area contributed by atoms with Crippen LogP contribution in [0.4, 0.5) is 0 Å². The molecule has 0 bridgehead atoms. The van der Waals surface area contributed by atoms with Crippen LogP contribution in [0, 0.1) is 0 Å². The minimum atomic E-state index is -0.729. The molecule has 1 aliphatic heterocycles. The van der Waals surface area contributed by atoms with Gasteiger partial charge in [0, 0.05) is 6.54 Å². The second-order valence-electron chi connectivity index (χ2n) is 6.67. The number of furan rings is 1. The van der Waals surface area contributed by atoms with Gasteiger partial charge in [0.1, 0.15) is 5.75 Å². The molecule has 3 aromatic rings. The molecule has 1 N–H and O–H groups in total. The van der Waals surface area contributed by atoms with Gasteiger partial charge in [-0.25, -0.2) is 0 Å². The Morgan fingerprint density at radius 1 is 1.10 bits per heavy atom. The van der Waals surface area contributed by atoms with E-state index in [2.05, 4.69) is 0 Å². The summed E-state index contributed by atoms with van der Waals surface area (Å²) in [5.41, 5.74) is 1.56. The molecular weight excluding hydrogens is 370 g/mol. The van der Waals surface area contributed by atoms with Gasteiger partial charge >= 0.3 is 0 Å². The Hall–Kier alpha value is -3.80. The van der Waals surface area contributed by atoms with Crippen LogP contribution in [-0.2, 0) is 11.3 Å². The highest BCUT2D eigenvalue weighted by Crippen LogP contribution is 2.40. The number of aliphatic hydroxyl groups excluding tert-OH is 1. The topological polar surface area (TPSA) is 80.0 Å². The lowest BCUT2D eigenvalue weighted by Gasteiger charge is -2.27. The van der Waals surface area contributed by atoms with E-state index >= 15 is 0 Å². The summed E-state index contributed by atoms with van der Waals surface area (Å²) in [5.74, 6) is -0.930. The second-order valence-corrected chi connectivity index (χ2v) is 6.67. The molecule has 29 heavy (non-hydrogen) atoms. The smallest absolute Gasteiger partial charge is 0.290 e. The van der Waals surface area contributed by atoms with Crippen molar-refractivity contribution in [3.8, 4) is 5.75 Å². The van der Waals surface area contributed by atoms with E-state index in [0.29, 0.717) is 5.75 Å². The van der Waals surface area contributed by atoms with Gasteiger partial charge in [0.15, 0.2) is 11.5 Å². The third-order valence-corrected chi connectivity index (χ3v) is 4.90. The largest absolute Gasteiger partial charge is 0.503 e. The third-order valence-electron chi connectivity index (χ3n) is 4.90. The first-order valence-corrected chi connectivity index (χ1v) is 9.10. The van der Waals surface area contributed by atoms with Crippen molar-refractivity contribution in [2.75, 3.05) is 7.11 Å². The first kappa shape index (κ1) is 18.6. The lowest BCUT2D eigenvalue weighted by atomic mass is 9.95. The molecule has 1 aromatic heterocycles. The van der Waals surface area contributed by atoms with Gasteiger partial charge in [0.25, 0.3) is 5.91 Å². The zero-order valence-corrected chi connectivity index (χ0v) is 15.7. The SMILES string of the molecule is COc1cccc(CN2C(=O)C(O)=C(C(=O)c3ccco3)C2c2ccccc2)c1. The fraction of sp³-hybridized carbons (Fsp3) is 0.130. The van der Waals surface area contributed by atoms with Gasteiger partial charge in [-0.1, -0.05) is 42.5 Å². The standard InChI is InChI=1S/C23H19NO5/c1-28-17-10-5-7-15(13-17)14-24-20(16-8-3-2-4-9-16)19(22(26)23(24)27)21(25)18-11-6-12-29-18/h2-13,20,26H,14H2,1H3. The second kappa shape index (κ2) is 7.67. The average molecular weight is 389 g/mol. The number of ketones is 1. The van der Waals surface area contributed by atoms with Crippen LogP contribution in [0.15, 0.2) is 88.7 Å². The number of hydrogen-bond acceptors (Lipinski definition) is 5. The Labute approximate surface area is 167 Å². The van der Waals surface area contributed by atoms with E-state index in [1.807, 2.05) is 54.6 Å². The number of carbonyl (C=O) groups is 2. The Morgan fingerprint density at radius 2 is 1.90 bits per heavy atom. The minimum absolute atomic E-state index is 0.0130. The zero-order chi connectivity index (χ0) is 20.4. The van der Waals surface area contributed by atoms with E-state index < -0.39 is 23.5 Å². The summed E-state index contributed by atoms with van der Waals surface area (Å²) in [6, 6.07) is 18.8. The molecule has 0 saturated heterocycles. The van der Waals surface area contributed by atoms with Crippen LogP contribution in [-0.4, -0.2) is 28.8 Å². The number of aliphatic hydroxyl groups is 1. The molecule has 6 nitrogen and oxygen atoms in total. The number of amides is 1. The molecule has 0 radical (unpaired) electrons. The van der Waals surface area contributed by atoms with Gasteiger partial charge in [-0.2, -0.15) is 0 Å². The molecule has 1 unspecified atom stereocenters. The van der Waals surface area contributed by atoms with Crippen LogP contribution in [0.5, 0.6) is 5.75 Å². The van der Waals surface area contributed by atoms with Crippen molar-refractivity contribution in [3.63, 3.8) is 0 Å². The van der Waals surface area contributed by atoms with Gasteiger partial charge in [0.2, 0.25) is 5.78 Å². The summed E-state index contributed by atoms with van der Waals surface area (Å²) in [6.45, 7) is 0.203. The fourth-order valence-electron chi connectivity index (χ4n) is 3.54. The number of methoxy groups -OCH3 is 1. The average Bonchev–Trinajstić information content (AvgIpc) is 3.37. The molecule has 0 saturated carbocycles. The number of Topliss-reactive ketones (excluding diaryl/α,β-unsaturated/α-hetero) is 1. The maximum atomic E-state index is 13.0. The first-order valence-electron chi connectivity index (χ1n) is 9.10. The molecule has 146 valence electrons.